The van der Waals surface area contributed by atoms with E-state index >= 15 is 0 Å². The summed E-state index contributed by atoms with van der Waals surface area (Å²) in [5.41, 5.74) is -7.35. The maximum absolute atomic E-state index is 15.0. The summed E-state index contributed by atoms with van der Waals surface area (Å²) in [5.74, 6) is -5.80. The van der Waals surface area contributed by atoms with Crippen molar-refractivity contribution in [3.63, 3.8) is 0 Å². The predicted molar refractivity (Wildman–Crippen MR) is 207 cm³/mol. The predicted octanol–water partition coefficient (Wildman–Crippen LogP) is 4.53. The molecule has 1 heterocycles. The Labute approximate surface area is 338 Å². The molecule has 11 atom stereocenters. The highest BCUT2D eigenvalue weighted by Gasteiger charge is 2.78. The Hall–Kier alpha value is -4.63. The summed E-state index contributed by atoms with van der Waals surface area (Å²) in [6.45, 7) is 13.8. The van der Waals surface area contributed by atoms with Crippen molar-refractivity contribution in [1.82, 2.24) is 5.32 Å². The molecule has 2 aromatic rings. The van der Waals surface area contributed by atoms with Crippen LogP contribution in [0, 0.1) is 22.7 Å². The van der Waals surface area contributed by atoms with E-state index < -0.39 is 112 Å². The second kappa shape index (κ2) is 15.2. The molecule has 0 radical (unpaired) electrons. The second-order valence-corrected chi connectivity index (χ2v) is 17.9. The molecule has 1 amide bonds. The minimum Gasteiger partial charge on any atom is -0.457 e. The average molecular weight is 806 g/mol. The fourth-order valence-electron chi connectivity index (χ4n) is 9.75. The van der Waals surface area contributed by atoms with Crippen LogP contribution < -0.4 is 5.32 Å². The van der Waals surface area contributed by atoms with E-state index in [9.17, 15) is 39.3 Å². The summed E-state index contributed by atoms with van der Waals surface area (Å²) in [4.78, 5) is 69.4. The minimum absolute atomic E-state index is 0.0179. The lowest BCUT2D eigenvalue weighted by atomic mass is 9.44. The molecule has 4 N–H and O–H groups in total. The second-order valence-electron chi connectivity index (χ2n) is 17.9. The third-order valence-corrected chi connectivity index (χ3v) is 12.9. The van der Waals surface area contributed by atoms with Crippen LogP contribution in [0.2, 0.25) is 0 Å². The van der Waals surface area contributed by atoms with E-state index in [0.29, 0.717) is 5.56 Å². The highest BCUT2D eigenvalue weighted by molar-refractivity contribution is 5.94. The molecule has 0 spiro atoms. The number of ketones is 1. The number of esters is 3. The molecular formula is C44H55NO13. The van der Waals surface area contributed by atoms with Gasteiger partial charge >= 0.3 is 24.0 Å². The number of hydrogen-bond donors (Lipinski definition) is 4. The first-order valence-electron chi connectivity index (χ1n) is 19.7. The standard InChI is InChI=1S/C44H55NO13/c1-23-28(55-37(50)24(2)32(26-16-12-10-13-17-26)45-39(52)58-40(4,5)6)21-44(53)36(56-38(51)27-18-14-11-15-19-27)34-42(9,35(49)33(48)31(23)41(44,7)8)29(47)20-30-43(34,22-54-30)57-25(3)46/h10-19,24,28-30,32-34,36,47-48,53H,20-22H2,1-9H3,(H,45,52)/t24?,28?,29-,30+,32+,33+,34-,36-,42+,43-,44+/m0/s1. The molecule has 3 aliphatic carbocycles. The number of aliphatic hydroxyl groups excluding tert-OH is 2. The molecule has 14 heteroatoms. The maximum atomic E-state index is 15.0. The number of amides is 1. The van der Waals surface area contributed by atoms with Gasteiger partial charge in [0.05, 0.1) is 41.6 Å². The number of carbonyl (C=O) groups is 5. The Kier molecular flexibility index (Phi) is 11.3. The molecule has 14 nitrogen and oxygen atoms in total. The van der Waals surface area contributed by atoms with Gasteiger partial charge in [0.15, 0.2) is 11.4 Å². The number of aliphatic hydroxyl groups is 3. The number of benzene rings is 2. The van der Waals surface area contributed by atoms with Gasteiger partial charge in [0.25, 0.3) is 0 Å². The third-order valence-electron chi connectivity index (χ3n) is 12.9. The Balaban J connectivity index is 1.49. The Morgan fingerprint density at radius 1 is 0.948 bits per heavy atom. The van der Waals surface area contributed by atoms with E-state index in [1.165, 1.54) is 26.0 Å². The summed E-state index contributed by atoms with van der Waals surface area (Å²) < 4.78 is 30.0. The molecule has 0 aromatic heterocycles. The molecule has 2 unspecified atom stereocenters. The summed E-state index contributed by atoms with van der Waals surface area (Å²) in [6, 6.07) is 15.8. The van der Waals surface area contributed by atoms with Crippen molar-refractivity contribution in [3.05, 3.63) is 82.9 Å². The van der Waals surface area contributed by atoms with Crippen LogP contribution in [0.25, 0.3) is 0 Å². The van der Waals surface area contributed by atoms with Crippen molar-refractivity contribution < 1.29 is 63.0 Å². The molecular weight excluding hydrogens is 750 g/mol. The molecule has 2 aromatic carbocycles. The number of hydrogen-bond acceptors (Lipinski definition) is 13. The van der Waals surface area contributed by atoms with Crippen LogP contribution in [0.5, 0.6) is 0 Å². The lowest BCUT2D eigenvalue weighted by molar-refractivity contribution is -0.346. The first-order valence-corrected chi connectivity index (χ1v) is 19.7. The smallest absolute Gasteiger partial charge is 0.408 e. The zero-order chi connectivity index (χ0) is 42.7. The van der Waals surface area contributed by atoms with Crippen molar-refractivity contribution in [2.24, 2.45) is 22.7 Å². The highest BCUT2D eigenvalue weighted by Crippen LogP contribution is 2.64. The topological polar surface area (TPSA) is 204 Å². The van der Waals surface area contributed by atoms with Crippen LogP contribution >= 0.6 is 0 Å². The van der Waals surface area contributed by atoms with Crippen molar-refractivity contribution in [2.75, 3.05) is 6.61 Å². The van der Waals surface area contributed by atoms with Crippen LogP contribution in [-0.4, -0.2) is 99.0 Å². The molecule has 58 heavy (non-hydrogen) atoms. The number of carbonyl (C=O) groups excluding carboxylic acids is 5. The molecule has 2 saturated carbocycles. The van der Waals surface area contributed by atoms with Gasteiger partial charge in [-0.2, -0.15) is 0 Å². The maximum Gasteiger partial charge on any atom is 0.408 e. The van der Waals surface area contributed by atoms with Crippen LogP contribution in [0.3, 0.4) is 0 Å². The van der Waals surface area contributed by atoms with Gasteiger partial charge in [0.2, 0.25) is 0 Å². The van der Waals surface area contributed by atoms with E-state index in [2.05, 4.69) is 5.32 Å². The molecule has 6 rings (SSSR count). The zero-order valence-corrected chi connectivity index (χ0v) is 34.4. The lowest BCUT2D eigenvalue weighted by Gasteiger charge is -2.67. The molecule has 1 aliphatic heterocycles. The fourth-order valence-corrected chi connectivity index (χ4v) is 9.75. The summed E-state index contributed by atoms with van der Waals surface area (Å²) in [7, 11) is 0. The molecule has 2 bridgehead atoms. The first-order chi connectivity index (χ1) is 27.0. The fraction of sp³-hybridized carbons (Fsp3) is 0.568. The van der Waals surface area contributed by atoms with Crippen LogP contribution in [0.15, 0.2) is 71.8 Å². The summed E-state index contributed by atoms with van der Waals surface area (Å²) in [5, 5.41) is 40.4. The van der Waals surface area contributed by atoms with Gasteiger partial charge in [-0.25, -0.2) is 9.59 Å². The number of fused-ring (bicyclic) bond motifs is 5. The van der Waals surface area contributed by atoms with Gasteiger partial charge in [0, 0.05) is 25.2 Å². The van der Waals surface area contributed by atoms with Crippen molar-refractivity contribution >= 4 is 29.8 Å². The summed E-state index contributed by atoms with van der Waals surface area (Å²) >= 11 is 0. The third kappa shape index (κ3) is 7.11. The Morgan fingerprint density at radius 3 is 2.10 bits per heavy atom. The van der Waals surface area contributed by atoms with Gasteiger partial charge in [-0.1, -0.05) is 62.4 Å². The van der Waals surface area contributed by atoms with Crippen molar-refractivity contribution in [1.29, 1.82) is 0 Å². The SMILES string of the molecule is CC(=O)O[C@@]12CO[C@@H]1C[C@H](O)[C@@]1(C)C(=O)[C@H](O)C3=C(C)C(OC(=O)C(C)[C@@H](NC(=O)OC(C)(C)C)c4ccccc4)C[C@@](O)([C@@H](OC(=O)c4ccccc4)[C@H]21)C3(C)C. The van der Waals surface area contributed by atoms with Crippen molar-refractivity contribution in [2.45, 2.75) is 129 Å². The normalized spacial score (nSPS) is 33.7. The molecule has 314 valence electrons. The molecule has 4 aliphatic rings. The number of nitrogens with one attached hydrogen (secondary N) is 1. The molecule has 1 saturated heterocycles. The largest absolute Gasteiger partial charge is 0.457 e. The van der Waals surface area contributed by atoms with E-state index in [1.807, 2.05) is 0 Å². The lowest BCUT2D eigenvalue weighted by Crippen LogP contribution is -2.81. The molecule has 3 fully saturated rings. The van der Waals surface area contributed by atoms with Gasteiger partial charge < -0.3 is 44.3 Å². The number of alkyl carbamates (subject to hydrolysis) is 1. The highest BCUT2D eigenvalue weighted by atomic mass is 16.6. The number of rotatable bonds is 8. The van der Waals surface area contributed by atoms with Crippen LogP contribution in [-0.2, 0) is 38.1 Å². The van der Waals surface area contributed by atoms with Gasteiger partial charge in [-0.15, -0.1) is 0 Å². The van der Waals surface area contributed by atoms with Gasteiger partial charge in [0.1, 0.15) is 35.6 Å². The van der Waals surface area contributed by atoms with E-state index in [0.717, 1.165) is 0 Å². The van der Waals surface area contributed by atoms with Crippen molar-refractivity contribution in [3.8, 4) is 0 Å². The number of Topliss-reactive ketones (excluding diaryl/α,β-unsaturated/α-hetero) is 1. The Morgan fingerprint density at radius 2 is 1.55 bits per heavy atom. The van der Waals surface area contributed by atoms with E-state index in [-0.39, 0.29) is 29.7 Å². The monoisotopic (exact) mass is 805 g/mol. The number of ether oxygens (including phenoxy) is 5. The van der Waals surface area contributed by atoms with Crippen LogP contribution in [0.1, 0.15) is 97.1 Å². The zero-order valence-electron chi connectivity index (χ0n) is 34.4. The minimum atomic E-state index is -2.27. The quantitative estimate of drug-likeness (QED) is 0.165. The first kappa shape index (κ1) is 43.0. The summed E-state index contributed by atoms with van der Waals surface area (Å²) in [6.07, 6.45) is -8.79. The van der Waals surface area contributed by atoms with E-state index in [1.54, 1.807) is 97.0 Å². The van der Waals surface area contributed by atoms with Gasteiger partial charge in [-0.05, 0) is 70.4 Å². The van der Waals surface area contributed by atoms with E-state index in [4.69, 9.17) is 23.7 Å². The average Bonchev–Trinajstić information content (AvgIpc) is 3.14. The van der Waals surface area contributed by atoms with Gasteiger partial charge in [-0.3, -0.25) is 14.4 Å². The van der Waals surface area contributed by atoms with Crippen LogP contribution in [0.4, 0.5) is 4.79 Å². The Bertz CT molecular complexity index is 1970.